The van der Waals surface area contributed by atoms with E-state index in [1.165, 1.54) is 0 Å². The number of hydrogen-bond acceptors (Lipinski definition) is 2. The van der Waals surface area contributed by atoms with Gasteiger partial charge in [-0.15, -0.1) is 0 Å². The number of carbonyl (C=O) groups is 1. The number of rotatable bonds is 7. The normalized spacial score (nSPS) is 19.9. The topological polar surface area (TPSA) is 46.5 Å². The molecule has 110 valence electrons. The fraction of sp³-hybridized carbons (Fsp3) is 0.562. The number of halogens is 1. The molecule has 0 aromatic heterocycles. The molecule has 0 spiro atoms. The van der Waals surface area contributed by atoms with Crippen LogP contribution in [0.15, 0.2) is 24.3 Å². The van der Waals surface area contributed by atoms with Crippen molar-refractivity contribution in [2.24, 2.45) is 5.92 Å². The predicted octanol–water partition coefficient (Wildman–Crippen LogP) is 3.93. The lowest BCUT2D eigenvalue weighted by Crippen LogP contribution is -2.17. The van der Waals surface area contributed by atoms with Crippen molar-refractivity contribution in [3.05, 3.63) is 34.9 Å². The van der Waals surface area contributed by atoms with Gasteiger partial charge in [-0.25, -0.2) is 0 Å². The van der Waals surface area contributed by atoms with E-state index >= 15 is 0 Å². The molecule has 1 aromatic rings. The second-order valence-corrected chi connectivity index (χ2v) is 5.87. The lowest BCUT2D eigenvalue weighted by molar-refractivity contribution is -0.142. The van der Waals surface area contributed by atoms with Crippen LogP contribution in [0, 0.1) is 5.92 Å². The van der Waals surface area contributed by atoms with E-state index < -0.39 is 5.97 Å². The first-order valence-corrected chi connectivity index (χ1v) is 7.62. The van der Waals surface area contributed by atoms with Crippen LogP contribution in [0.3, 0.4) is 0 Å². The number of carboxylic acids is 1. The summed E-state index contributed by atoms with van der Waals surface area (Å²) >= 11 is 5.84. The highest BCUT2D eigenvalue weighted by molar-refractivity contribution is 6.30. The molecule has 1 aliphatic rings. The van der Waals surface area contributed by atoms with Crippen molar-refractivity contribution in [1.29, 1.82) is 0 Å². The van der Waals surface area contributed by atoms with Crippen LogP contribution in [0.1, 0.15) is 37.7 Å². The maximum absolute atomic E-state index is 11.3. The molecule has 4 heteroatoms. The Balaban J connectivity index is 1.80. The van der Waals surface area contributed by atoms with E-state index in [-0.39, 0.29) is 5.92 Å². The van der Waals surface area contributed by atoms with Gasteiger partial charge < -0.3 is 9.84 Å². The van der Waals surface area contributed by atoms with Gasteiger partial charge in [0.25, 0.3) is 0 Å². The Bertz CT molecular complexity index is 424. The highest BCUT2D eigenvalue weighted by Gasteiger charge is 2.20. The summed E-state index contributed by atoms with van der Waals surface area (Å²) in [6, 6.07) is 7.42. The van der Waals surface area contributed by atoms with Crippen LogP contribution < -0.4 is 0 Å². The van der Waals surface area contributed by atoms with Crippen LogP contribution >= 0.6 is 11.6 Å². The van der Waals surface area contributed by atoms with E-state index in [1.807, 2.05) is 24.3 Å². The van der Waals surface area contributed by atoms with E-state index in [2.05, 4.69) is 0 Å². The minimum atomic E-state index is -0.715. The van der Waals surface area contributed by atoms with Gasteiger partial charge in [0.15, 0.2) is 0 Å². The minimum Gasteiger partial charge on any atom is -0.481 e. The molecule has 0 bridgehead atoms. The SMILES string of the molecule is O=C(O)C(CCCC1CCCO1)Cc1ccc(Cl)cc1. The van der Waals surface area contributed by atoms with Gasteiger partial charge in [0.1, 0.15) is 0 Å². The Labute approximate surface area is 124 Å². The van der Waals surface area contributed by atoms with Gasteiger partial charge in [-0.2, -0.15) is 0 Å². The fourth-order valence-electron chi connectivity index (χ4n) is 2.68. The standard InChI is InChI=1S/C16H21ClO3/c17-14-8-6-12(7-9-14)11-13(16(18)19)3-1-4-15-5-2-10-20-15/h6-9,13,15H,1-5,10-11H2,(H,18,19). The van der Waals surface area contributed by atoms with Gasteiger partial charge in [-0.05, 0) is 49.8 Å². The van der Waals surface area contributed by atoms with E-state index in [0.29, 0.717) is 24.0 Å². The minimum absolute atomic E-state index is 0.322. The van der Waals surface area contributed by atoms with Crippen molar-refractivity contribution in [2.75, 3.05) is 6.61 Å². The molecule has 0 radical (unpaired) electrons. The molecule has 0 aliphatic carbocycles. The van der Waals surface area contributed by atoms with Crippen LogP contribution in [0.4, 0.5) is 0 Å². The summed E-state index contributed by atoms with van der Waals surface area (Å²) in [7, 11) is 0. The lowest BCUT2D eigenvalue weighted by Gasteiger charge is -2.14. The van der Waals surface area contributed by atoms with E-state index in [4.69, 9.17) is 16.3 Å². The quantitative estimate of drug-likeness (QED) is 0.829. The predicted molar refractivity (Wildman–Crippen MR) is 79.1 cm³/mol. The molecule has 1 saturated heterocycles. The maximum atomic E-state index is 11.3. The first kappa shape index (κ1) is 15.3. The smallest absolute Gasteiger partial charge is 0.306 e. The summed E-state index contributed by atoms with van der Waals surface area (Å²) in [6.07, 6.45) is 5.77. The highest BCUT2D eigenvalue weighted by Crippen LogP contribution is 2.22. The molecule has 2 unspecified atom stereocenters. The second-order valence-electron chi connectivity index (χ2n) is 5.43. The van der Waals surface area contributed by atoms with Gasteiger partial charge in [-0.1, -0.05) is 30.2 Å². The Kier molecular flexibility index (Phi) is 5.86. The first-order valence-electron chi connectivity index (χ1n) is 7.24. The zero-order chi connectivity index (χ0) is 14.4. The summed E-state index contributed by atoms with van der Waals surface area (Å²) < 4.78 is 5.56. The van der Waals surface area contributed by atoms with Crippen LogP contribution in [0.2, 0.25) is 5.02 Å². The Morgan fingerprint density at radius 1 is 1.40 bits per heavy atom. The fourth-order valence-corrected chi connectivity index (χ4v) is 2.81. The summed E-state index contributed by atoms with van der Waals surface area (Å²) in [6.45, 7) is 0.859. The Morgan fingerprint density at radius 2 is 2.15 bits per heavy atom. The van der Waals surface area contributed by atoms with Gasteiger partial charge in [0.2, 0.25) is 0 Å². The van der Waals surface area contributed by atoms with Crippen molar-refractivity contribution in [3.63, 3.8) is 0 Å². The third-order valence-corrected chi connectivity index (χ3v) is 4.10. The van der Waals surface area contributed by atoms with E-state index in [9.17, 15) is 9.90 Å². The third kappa shape index (κ3) is 4.80. The molecule has 1 heterocycles. The molecule has 0 amide bonds. The van der Waals surface area contributed by atoms with Crippen LogP contribution in [-0.4, -0.2) is 23.8 Å². The van der Waals surface area contributed by atoms with Crippen molar-refractivity contribution in [2.45, 2.75) is 44.6 Å². The third-order valence-electron chi connectivity index (χ3n) is 3.85. The van der Waals surface area contributed by atoms with Crippen molar-refractivity contribution >= 4 is 17.6 Å². The van der Waals surface area contributed by atoms with Crippen LogP contribution in [-0.2, 0) is 16.0 Å². The van der Waals surface area contributed by atoms with E-state index in [0.717, 1.165) is 37.9 Å². The summed E-state index contributed by atoms with van der Waals surface area (Å²) in [4.78, 5) is 11.3. The lowest BCUT2D eigenvalue weighted by atomic mass is 9.93. The monoisotopic (exact) mass is 296 g/mol. The molecule has 1 aliphatic heterocycles. The van der Waals surface area contributed by atoms with Crippen molar-refractivity contribution < 1.29 is 14.6 Å². The number of aliphatic carboxylic acids is 1. The summed E-state index contributed by atoms with van der Waals surface area (Å²) in [5, 5.41) is 10.0. The van der Waals surface area contributed by atoms with Gasteiger partial charge in [0, 0.05) is 11.6 Å². The molecule has 1 fully saturated rings. The van der Waals surface area contributed by atoms with Gasteiger partial charge in [0.05, 0.1) is 12.0 Å². The Morgan fingerprint density at radius 3 is 2.75 bits per heavy atom. The van der Waals surface area contributed by atoms with Crippen molar-refractivity contribution in [1.82, 2.24) is 0 Å². The number of benzene rings is 1. The maximum Gasteiger partial charge on any atom is 0.306 e. The summed E-state index contributed by atoms with van der Waals surface area (Å²) in [5.41, 5.74) is 1.03. The van der Waals surface area contributed by atoms with E-state index in [1.54, 1.807) is 0 Å². The second kappa shape index (κ2) is 7.65. The summed E-state index contributed by atoms with van der Waals surface area (Å²) in [5.74, 6) is -1.04. The average molecular weight is 297 g/mol. The molecule has 2 rings (SSSR count). The molecule has 1 aromatic carbocycles. The molecule has 0 saturated carbocycles. The average Bonchev–Trinajstić information content (AvgIpc) is 2.93. The highest BCUT2D eigenvalue weighted by atomic mass is 35.5. The molecule has 20 heavy (non-hydrogen) atoms. The first-order chi connectivity index (χ1) is 9.65. The van der Waals surface area contributed by atoms with Crippen molar-refractivity contribution in [3.8, 4) is 0 Å². The molecule has 1 N–H and O–H groups in total. The molecule has 3 nitrogen and oxygen atoms in total. The van der Waals surface area contributed by atoms with Crippen LogP contribution in [0.5, 0.6) is 0 Å². The largest absolute Gasteiger partial charge is 0.481 e. The number of carboxylic acid groups (broad SMARTS) is 1. The zero-order valence-corrected chi connectivity index (χ0v) is 12.3. The number of ether oxygens (including phenoxy) is 1. The number of hydrogen-bond donors (Lipinski definition) is 1. The Hall–Kier alpha value is -1.06. The van der Waals surface area contributed by atoms with Crippen LogP contribution in [0.25, 0.3) is 0 Å². The van der Waals surface area contributed by atoms with Gasteiger partial charge >= 0.3 is 5.97 Å². The molecular weight excluding hydrogens is 276 g/mol. The van der Waals surface area contributed by atoms with Gasteiger partial charge in [-0.3, -0.25) is 4.79 Å². The zero-order valence-electron chi connectivity index (χ0n) is 11.6. The molecular formula is C16H21ClO3. The molecule has 2 atom stereocenters.